The first kappa shape index (κ1) is 43.5. The Kier molecular flexibility index (Phi) is 15.7. The number of aromatic nitrogens is 1. The summed E-state index contributed by atoms with van der Waals surface area (Å²) in [6.45, 7) is 15.0. The van der Waals surface area contributed by atoms with Gasteiger partial charge in [0.1, 0.15) is 36.4 Å². The van der Waals surface area contributed by atoms with Crippen LogP contribution in [0.2, 0.25) is 0 Å². The van der Waals surface area contributed by atoms with Crippen molar-refractivity contribution in [1.82, 2.24) is 9.88 Å². The molecule has 0 unspecified atom stereocenters. The minimum Gasteiger partial charge on any atom is -0.487 e. The summed E-state index contributed by atoms with van der Waals surface area (Å²) in [5.41, 5.74) is 3.86. The van der Waals surface area contributed by atoms with Crippen molar-refractivity contribution in [3.63, 3.8) is 0 Å². The molecule has 6 atom stereocenters. The highest BCUT2D eigenvalue weighted by molar-refractivity contribution is 6.18. The smallest absolute Gasteiger partial charge is 0.410 e. The Morgan fingerprint density at radius 3 is 2.59 bits per heavy atom. The van der Waals surface area contributed by atoms with Gasteiger partial charge in [0.2, 0.25) is 5.79 Å². The molecule has 2 aromatic rings. The molecule has 1 saturated carbocycles. The molecule has 308 valence electrons. The van der Waals surface area contributed by atoms with Gasteiger partial charge in [0, 0.05) is 43.4 Å². The highest BCUT2D eigenvalue weighted by Gasteiger charge is 2.65. The predicted octanol–water partition coefficient (Wildman–Crippen LogP) is 8.49. The van der Waals surface area contributed by atoms with Crippen molar-refractivity contribution >= 4 is 23.4 Å². The van der Waals surface area contributed by atoms with Crippen molar-refractivity contribution in [2.24, 2.45) is 22.9 Å². The van der Waals surface area contributed by atoms with Crippen molar-refractivity contribution in [3.8, 4) is 11.5 Å². The van der Waals surface area contributed by atoms with E-state index in [1.54, 1.807) is 11.0 Å². The third-order valence-corrected chi connectivity index (χ3v) is 10.9. The van der Waals surface area contributed by atoms with E-state index in [2.05, 4.69) is 23.7 Å². The molecular weight excluding hydrogens is 734 g/mol. The normalized spacial score (nSPS) is 24.7. The number of allylic oxidation sites excluding steroid dienone is 1. The van der Waals surface area contributed by atoms with Crippen LogP contribution in [0.5, 0.6) is 11.5 Å². The Morgan fingerprint density at radius 2 is 1.91 bits per heavy atom. The zero-order chi connectivity index (χ0) is 40.3. The fourth-order valence-corrected chi connectivity index (χ4v) is 8.67. The number of rotatable bonds is 20. The quantitative estimate of drug-likeness (QED) is 0.0586. The number of hydrogen-bond donors (Lipinski definition) is 2. The molecule has 0 radical (unpaired) electrons. The first-order valence-corrected chi connectivity index (χ1v) is 20.8. The van der Waals surface area contributed by atoms with E-state index in [1.165, 1.54) is 0 Å². The first-order valence-electron chi connectivity index (χ1n) is 20.3. The fourth-order valence-electron chi connectivity index (χ4n) is 8.59. The summed E-state index contributed by atoms with van der Waals surface area (Å²) < 4.78 is 26.4. The maximum atomic E-state index is 14.1. The summed E-state index contributed by atoms with van der Waals surface area (Å²) in [6.07, 6.45) is 9.21. The molecule has 0 spiro atoms. The van der Waals surface area contributed by atoms with Gasteiger partial charge in [-0.2, -0.15) is 0 Å². The molecule has 2 N–H and O–H groups in total. The molecule has 3 aliphatic rings. The molecule has 11 nitrogen and oxygen atoms in total. The fraction of sp³-hybridized carbons (Fsp3) is 0.614. The monoisotopic (exact) mass is 795 g/mol. The van der Waals surface area contributed by atoms with Crippen LogP contribution in [0.4, 0.5) is 4.79 Å². The van der Waals surface area contributed by atoms with Gasteiger partial charge in [0.25, 0.3) is 0 Å². The zero-order valence-electron chi connectivity index (χ0n) is 33.9. The summed E-state index contributed by atoms with van der Waals surface area (Å²) in [7, 11) is 0. The van der Waals surface area contributed by atoms with Gasteiger partial charge >= 0.3 is 6.09 Å². The lowest BCUT2D eigenvalue weighted by Gasteiger charge is -2.60. The lowest BCUT2D eigenvalue weighted by Crippen LogP contribution is -2.70. The number of aryl methyl sites for hydroxylation is 1. The molecule has 1 aliphatic heterocycles. The second-order valence-corrected chi connectivity index (χ2v) is 16.4. The van der Waals surface area contributed by atoms with E-state index >= 15 is 0 Å². The molecule has 56 heavy (non-hydrogen) atoms. The Bertz CT molecular complexity index is 1680. The zero-order valence-corrected chi connectivity index (χ0v) is 34.6. The number of oxime groups is 1. The molecule has 1 amide bonds. The lowest BCUT2D eigenvalue weighted by atomic mass is 9.55. The van der Waals surface area contributed by atoms with Gasteiger partial charge < -0.3 is 34.0 Å². The average molecular weight is 796 g/mol. The van der Waals surface area contributed by atoms with Crippen LogP contribution in [-0.4, -0.2) is 88.2 Å². The summed E-state index contributed by atoms with van der Waals surface area (Å²) in [6, 6.07) is 11.2. The van der Waals surface area contributed by atoms with E-state index in [1.807, 2.05) is 65.0 Å². The molecule has 5 rings (SSSR count). The predicted molar refractivity (Wildman–Crippen MR) is 218 cm³/mol. The molecule has 1 aromatic carbocycles. The van der Waals surface area contributed by atoms with Gasteiger partial charge in [-0.25, -0.2) is 4.79 Å². The van der Waals surface area contributed by atoms with Crippen LogP contribution in [0.3, 0.4) is 0 Å². The van der Waals surface area contributed by atoms with Crippen molar-refractivity contribution in [1.29, 1.82) is 0 Å². The number of pyridine rings is 1. The van der Waals surface area contributed by atoms with Crippen molar-refractivity contribution in [2.45, 2.75) is 116 Å². The minimum absolute atomic E-state index is 0.0616. The molecule has 12 heteroatoms. The van der Waals surface area contributed by atoms with Crippen LogP contribution in [0, 0.1) is 24.7 Å². The number of benzene rings is 1. The second kappa shape index (κ2) is 20.2. The number of alkyl halides is 1. The maximum Gasteiger partial charge on any atom is 0.410 e. The maximum absolute atomic E-state index is 14.1. The van der Waals surface area contributed by atoms with E-state index in [4.69, 9.17) is 40.5 Å². The molecule has 1 fully saturated rings. The van der Waals surface area contributed by atoms with Gasteiger partial charge in [-0.05, 0) is 108 Å². The highest BCUT2D eigenvalue weighted by atomic mass is 35.5. The van der Waals surface area contributed by atoms with E-state index in [-0.39, 0.29) is 56.5 Å². The lowest BCUT2D eigenvalue weighted by molar-refractivity contribution is -0.255. The number of hydrogen-bond acceptors (Lipinski definition) is 10. The highest BCUT2D eigenvalue weighted by Crippen LogP contribution is 2.62. The Morgan fingerprint density at radius 1 is 1.14 bits per heavy atom. The SMILES string of the molecule is C=CCO[C@@]12Oc3ccc(OCc4cccc(C)n4)cc3[C@H]3[C@H](CCCCO)[C@@H](CCCCO)C=C(C(=NOC(C)(C)C)C[C@@H]1N(CCC)C(=O)OCCCl)[C@H]32. The number of ether oxygens (including phenoxy) is 4. The van der Waals surface area contributed by atoms with Gasteiger partial charge in [-0.3, -0.25) is 9.88 Å². The third-order valence-electron chi connectivity index (χ3n) is 10.8. The van der Waals surface area contributed by atoms with Gasteiger partial charge in [-0.1, -0.05) is 43.1 Å². The molecule has 1 aromatic heterocycles. The van der Waals surface area contributed by atoms with Crippen LogP contribution >= 0.6 is 11.6 Å². The number of carbonyl (C=O) groups excluding carboxylic acids is 1. The third kappa shape index (κ3) is 10.3. The average Bonchev–Trinajstić information content (AvgIpc) is 3.17. The van der Waals surface area contributed by atoms with Crippen LogP contribution in [-0.2, 0) is 20.9 Å². The van der Waals surface area contributed by atoms with Crippen LogP contribution < -0.4 is 9.47 Å². The Labute approximate surface area is 338 Å². The van der Waals surface area contributed by atoms with E-state index in [0.29, 0.717) is 43.9 Å². The number of nitrogens with zero attached hydrogens (tertiary/aromatic N) is 3. The van der Waals surface area contributed by atoms with Gasteiger partial charge in [0.05, 0.1) is 29.8 Å². The number of carbonyl (C=O) groups is 1. The van der Waals surface area contributed by atoms with Gasteiger partial charge in [0.15, 0.2) is 0 Å². The van der Waals surface area contributed by atoms with Crippen molar-refractivity contribution < 1.29 is 38.8 Å². The first-order chi connectivity index (χ1) is 27.0. The number of aliphatic hydroxyl groups is 2. The number of unbranched alkanes of at least 4 members (excludes halogenated alkanes) is 2. The summed E-state index contributed by atoms with van der Waals surface area (Å²) in [5, 5.41) is 24.6. The Balaban J connectivity index is 1.76. The van der Waals surface area contributed by atoms with Crippen molar-refractivity contribution in [3.05, 3.63) is 77.7 Å². The second-order valence-electron chi connectivity index (χ2n) is 16.0. The topological polar surface area (TPSA) is 132 Å². The largest absolute Gasteiger partial charge is 0.487 e. The summed E-state index contributed by atoms with van der Waals surface area (Å²) in [5.74, 6) is -0.273. The molecule has 2 aliphatic carbocycles. The summed E-state index contributed by atoms with van der Waals surface area (Å²) >= 11 is 6.01. The standard InChI is InChI=1S/C44H62ClN3O8/c1-7-21-48(42(51)52-25-20-45)39-28-37(47-56-43(4,5)6)35-26-31(15-9-11-22-49)34(17-10-12-23-50)40-36-27-33(53-29-32-16-13-14-30(3)46-32)18-19-38(36)55-44(39,41(35)40)54-24-8-2/h8,13-14,16,18-19,26-27,31,34,39-41,49-50H,2,7,9-12,15,17,20-25,28-29H2,1,3-6H3/t31-,34+,39-,40+,41+,44+/m0/s1. The number of fused-ring (bicyclic) bond motifs is 2. The molecule has 2 heterocycles. The van der Waals surface area contributed by atoms with Crippen molar-refractivity contribution in [2.75, 3.05) is 38.9 Å². The number of amides is 1. The molecule has 0 bridgehead atoms. The van der Waals surface area contributed by atoms with E-state index in [9.17, 15) is 15.0 Å². The number of aliphatic hydroxyl groups excluding tert-OH is 2. The van der Waals surface area contributed by atoms with Crippen LogP contribution in [0.1, 0.15) is 102 Å². The van der Waals surface area contributed by atoms with Crippen LogP contribution in [0.15, 0.2) is 65.9 Å². The molecular formula is C44H62ClN3O8. The van der Waals surface area contributed by atoms with Gasteiger partial charge in [-0.15, -0.1) is 18.2 Å². The number of halogens is 1. The van der Waals surface area contributed by atoms with E-state index < -0.39 is 29.4 Å². The molecule has 0 saturated heterocycles. The Hall–Kier alpha value is -3.64. The van der Waals surface area contributed by atoms with E-state index in [0.717, 1.165) is 53.9 Å². The minimum atomic E-state index is -1.37. The summed E-state index contributed by atoms with van der Waals surface area (Å²) in [4.78, 5) is 26.6. The van der Waals surface area contributed by atoms with Crippen LogP contribution in [0.25, 0.3) is 0 Å².